The van der Waals surface area contributed by atoms with Crippen LogP contribution in [0.25, 0.3) is 10.9 Å². The van der Waals surface area contributed by atoms with Gasteiger partial charge in [-0.05, 0) is 26.0 Å². The molecule has 0 aliphatic heterocycles. The normalized spacial score (nSPS) is 10.6. The maximum atomic E-state index is 9.58. The Bertz CT molecular complexity index is 694. The number of nitrogens with zero attached hydrogens (tertiary/aromatic N) is 2. The van der Waals surface area contributed by atoms with Gasteiger partial charge in [-0.25, -0.2) is 4.98 Å². The summed E-state index contributed by atoms with van der Waals surface area (Å²) >= 11 is 0. The van der Waals surface area contributed by atoms with E-state index in [4.69, 9.17) is 5.26 Å². The Morgan fingerprint density at radius 3 is 2.67 bits per heavy atom. The summed E-state index contributed by atoms with van der Waals surface area (Å²) in [6.45, 7) is 3.20. The molecule has 2 rings (SSSR count). The predicted octanol–water partition coefficient (Wildman–Crippen LogP) is 2.23. The van der Waals surface area contributed by atoms with Crippen LogP contribution in [0.2, 0.25) is 0 Å². The van der Waals surface area contributed by atoms with Gasteiger partial charge < -0.3 is 5.11 Å². The van der Waals surface area contributed by atoms with Gasteiger partial charge in [-0.2, -0.15) is 5.26 Å². The number of para-hydroxylation sites is 1. The maximum absolute atomic E-state index is 9.58. The molecule has 1 aromatic heterocycles. The van der Waals surface area contributed by atoms with Gasteiger partial charge in [-0.1, -0.05) is 30.0 Å². The van der Waals surface area contributed by atoms with Gasteiger partial charge in [0.15, 0.2) is 5.69 Å². The zero-order valence-corrected chi connectivity index (χ0v) is 10.2. The van der Waals surface area contributed by atoms with Crippen molar-refractivity contribution in [1.82, 2.24) is 4.98 Å². The fraction of sp³-hybridized carbons (Fsp3) is 0.200. The topological polar surface area (TPSA) is 56.9 Å². The molecule has 0 amide bonds. The highest BCUT2D eigenvalue weighted by Crippen LogP contribution is 2.15. The lowest BCUT2D eigenvalue weighted by molar-refractivity contribution is 0.143. The van der Waals surface area contributed by atoms with E-state index in [9.17, 15) is 5.11 Å². The highest BCUT2D eigenvalue weighted by molar-refractivity contribution is 5.81. The van der Waals surface area contributed by atoms with Gasteiger partial charge in [-0.3, -0.25) is 0 Å². The SMILES string of the molecule is CC(C)(O)C#Cc1cc2ccccc2nc1C#N. The van der Waals surface area contributed by atoms with Gasteiger partial charge in [-0.15, -0.1) is 0 Å². The van der Waals surface area contributed by atoms with Crippen molar-refractivity contribution < 1.29 is 5.11 Å². The van der Waals surface area contributed by atoms with Crippen LogP contribution in [0.15, 0.2) is 30.3 Å². The molecular formula is C15H12N2O. The van der Waals surface area contributed by atoms with Crippen molar-refractivity contribution in [1.29, 1.82) is 5.26 Å². The molecule has 0 bridgehead atoms. The summed E-state index contributed by atoms with van der Waals surface area (Å²) in [7, 11) is 0. The van der Waals surface area contributed by atoms with Crippen LogP contribution in [0.5, 0.6) is 0 Å². The molecule has 18 heavy (non-hydrogen) atoms. The van der Waals surface area contributed by atoms with Crippen molar-refractivity contribution in [3.05, 3.63) is 41.6 Å². The Morgan fingerprint density at radius 2 is 2.00 bits per heavy atom. The number of aromatic nitrogens is 1. The monoisotopic (exact) mass is 236 g/mol. The van der Waals surface area contributed by atoms with E-state index in [0.717, 1.165) is 10.9 Å². The molecule has 2 aromatic rings. The van der Waals surface area contributed by atoms with Crippen LogP contribution in [-0.2, 0) is 0 Å². The van der Waals surface area contributed by atoms with E-state index in [-0.39, 0.29) is 5.69 Å². The van der Waals surface area contributed by atoms with Crippen LogP contribution < -0.4 is 0 Å². The number of fused-ring (bicyclic) bond motifs is 1. The summed E-state index contributed by atoms with van der Waals surface area (Å²) < 4.78 is 0. The van der Waals surface area contributed by atoms with Crippen LogP contribution in [0.3, 0.4) is 0 Å². The largest absolute Gasteiger partial charge is 0.378 e. The first-order chi connectivity index (χ1) is 8.49. The average Bonchev–Trinajstić information content (AvgIpc) is 2.34. The lowest BCUT2D eigenvalue weighted by Crippen LogP contribution is -2.14. The van der Waals surface area contributed by atoms with E-state index >= 15 is 0 Å². The van der Waals surface area contributed by atoms with Crippen molar-refractivity contribution in [2.24, 2.45) is 0 Å². The smallest absolute Gasteiger partial charge is 0.156 e. The molecule has 0 fully saturated rings. The van der Waals surface area contributed by atoms with Gasteiger partial charge in [0.05, 0.1) is 11.1 Å². The minimum atomic E-state index is -1.08. The Morgan fingerprint density at radius 1 is 1.28 bits per heavy atom. The quantitative estimate of drug-likeness (QED) is 0.713. The van der Waals surface area contributed by atoms with Crippen molar-refractivity contribution in [2.45, 2.75) is 19.4 Å². The summed E-state index contributed by atoms with van der Waals surface area (Å²) in [5, 5.41) is 19.6. The van der Waals surface area contributed by atoms with Crippen molar-refractivity contribution in [3.8, 4) is 17.9 Å². The molecule has 88 valence electrons. The molecule has 1 aromatic carbocycles. The summed E-state index contributed by atoms with van der Waals surface area (Å²) in [6, 6.07) is 11.4. The molecule has 1 heterocycles. The van der Waals surface area contributed by atoms with Crippen molar-refractivity contribution in [3.63, 3.8) is 0 Å². The van der Waals surface area contributed by atoms with E-state index in [1.807, 2.05) is 36.4 Å². The lowest BCUT2D eigenvalue weighted by atomic mass is 10.1. The number of aliphatic hydroxyl groups is 1. The number of hydrogen-bond acceptors (Lipinski definition) is 3. The van der Waals surface area contributed by atoms with E-state index in [1.54, 1.807) is 13.8 Å². The first-order valence-corrected chi connectivity index (χ1v) is 5.55. The van der Waals surface area contributed by atoms with Crippen molar-refractivity contribution in [2.75, 3.05) is 0 Å². The average molecular weight is 236 g/mol. The fourth-order valence-electron chi connectivity index (χ4n) is 1.52. The maximum Gasteiger partial charge on any atom is 0.156 e. The highest BCUT2D eigenvalue weighted by atomic mass is 16.3. The molecule has 0 saturated carbocycles. The number of rotatable bonds is 0. The third-order valence-corrected chi connectivity index (χ3v) is 2.33. The zero-order valence-electron chi connectivity index (χ0n) is 10.2. The molecule has 3 nitrogen and oxygen atoms in total. The van der Waals surface area contributed by atoms with Gasteiger partial charge >= 0.3 is 0 Å². The second kappa shape index (κ2) is 4.49. The minimum Gasteiger partial charge on any atom is -0.378 e. The molecule has 0 aliphatic carbocycles. The van der Waals surface area contributed by atoms with E-state index < -0.39 is 5.60 Å². The van der Waals surface area contributed by atoms with Gasteiger partial charge in [0.25, 0.3) is 0 Å². The first kappa shape index (κ1) is 12.1. The summed E-state index contributed by atoms with van der Waals surface area (Å²) in [6.07, 6.45) is 0. The Hall–Kier alpha value is -2.36. The number of nitriles is 1. The Kier molecular flexibility index (Phi) is 3.02. The standard InChI is InChI=1S/C15H12N2O/c1-15(2,18)8-7-12-9-11-5-3-4-6-13(11)17-14(12)10-16/h3-6,9,18H,1-2H3. The number of hydrogen-bond donors (Lipinski definition) is 1. The predicted molar refractivity (Wildman–Crippen MR) is 69.6 cm³/mol. The summed E-state index contributed by atoms with van der Waals surface area (Å²) in [5.41, 5.74) is 0.505. The molecule has 0 spiro atoms. The zero-order chi connectivity index (χ0) is 13.2. The molecular weight excluding hydrogens is 224 g/mol. The molecule has 0 radical (unpaired) electrons. The second-order valence-electron chi connectivity index (χ2n) is 4.50. The summed E-state index contributed by atoms with van der Waals surface area (Å²) in [5.74, 6) is 5.50. The molecule has 3 heteroatoms. The fourth-order valence-corrected chi connectivity index (χ4v) is 1.52. The number of benzene rings is 1. The Labute approximate surface area is 106 Å². The van der Waals surface area contributed by atoms with Crippen LogP contribution in [-0.4, -0.2) is 15.7 Å². The molecule has 0 unspecified atom stereocenters. The van der Waals surface area contributed by atoms with Crippen LogP contribution >= 0.6 is 0 Å². The second-order valence-corrected chi connectivity index (χ2v) is 4.50. The molecule has 0 aliphatic rings. The van der Waals surface area contributed by atoms with Gasteiger partial charge in [0, 0.05) is 5.39 Å². The van der Waals surface area contributed by atoms with Gasteiger partial charge in [0.2, 0.25) is 0 Å². The van der Waals surface area contributed by atoms with Crippen LogP contribution in [0.1, 0.15) is 25.1 Å². The lowest BCUT2D eigenvalue weighted by Gasteiger charge is -2.06. The molecule has 1 N–H and O–H groups in total. The molecule has 0 atom stereocenters. The van der Waals surface area contributed by atoms with Crippen molar-refractivity contribution >= 4 is 10.9 Å². The van der Waals surface area contributed by atoms with Gasteiger partial charge in [0.1, 0.15) is 11.7 Å². The Balaban J connectivity index is 2.62. The van der Waals surface area contributed by atoms with E-state index in [2.05, 4.69) is 16.8 Å². The van der Waals surface area contributed by atoms with E-state index in [0.29, 0.717) is 5.56 Å². The summed E-state index contributed by atoms with van der Waals surface area (Å²) in [4.78, 5) is 4.25. The first-order valence-electron chi connectivity index (χ1n) is 5.55. The molecule has 0 saturated heterocycles. The van der Waals surface area contributed by atoms with Crippen LogP contribution in [0.4, 0.5) is 0 Å². The highest BCUT2D eigenvalue weighted by Gasteiger charge is 2.08. The minimum absolute atomic E-state index is 0.283. The van der Waals surface area contributed by atoms with E-state index in [1.165, 1.54) is 0 Å². The third kappa shape index (κ3) is 2.66. The third-order valence-electron chi connectivity index (χ3n) is 2.33. The number of pyridine rings is 1. The van der Waals surface area contributed by atoms with Crippen LogP contribution in [0, 0.1) is 23.2 Å².